The minimum Gasteiger partial charge on any atom is -0.465 e. The van der Waals surface area contributed by atoms with Gasteiger partial charge in [-0.1, -0.05) is 60.7 Å². The van der Waals surface area contributed by atoms with E-state index in [0.717, 1.165) is 5.56 Å². The normalized spacial score (nSPS) is 15.8. The van der Waals surface area contributed by atoms with Gasteiger partial charge in [-0.25, -0.2) is 4.79 Å². The number of alkyl halides is 3. The molecule has 0 aliphatic heterocycles. The Morgan fingerprint density at radius 2 is 1.17 bits per heavy atom. The molecule has 9 nitrogen and oxygen atoms in total. The van der Waals surface area contributed by atoms with E-state index in [9.17, 15) is 38.1 Å². The fourth-order valence-electron chi connectivity index (χ4n) is 3.54. The number of benzene rings is 2. The number of aliphatic hydroxyl groups is 3. The molecule has 0 radical (unpaired) electrons. The average Bonchev–Trinajstić information content (AvgIpc) is 2.83. The quantitative estimate of drug-likeness (QED) is 0.210. The molecule has 0 bridgehead atoms. The van der Waals surface area contributed by atoms with Crippen LogP contribution >= 0.6 is 0 Å². The Balaban J connectivity index is 2.01. The number of carbonyl (C=O) groups is 2. The van der Waals surface area contributed by atoms with Crippen LogP contribution < -0.4 is 16.0 Å². The lowest BCUT2D eigenvalue weighted by Crippen LogP contribution is -2.55. The van der Waals surface area contributed by atoms with E-state index >= 15 is 0 Å². The van der Waals surface area contributed by atoms with Crippen LogP contribution in [0.1, 0.15) is 11.1 Å². The summed E-state index contributed by atoms with van der Waals surface area (Å²) in [5, 5.41) is 46.5. The van der Waals surface area contributed by atoms with Gasteiger partial charge in [0.2, 0.25) is 6.10 Å². The SMILES string of the molecule is O=C(O)N[C@@H](Cc1ccccc1)[C@H](O)CNCC(O)[C@H](Cc1ccccc1)NC(=O)C(O)C(F)(F)F. The molecule has 198 valence electrons. The van der Waals surface area contributed by atoms with E-state index in [4.69, 9.17) is 5.11 Å². The van der Waals surface area contributed by atoms with Crippen molar-refractivity contribution in [1.29, 1.82) is 0 Å². The zero-order valence-electron chi connectivity index (χ0n) is 19.2. The van der Waals surface area contributed by atoms with E-state index < -0.39 is 48.6 Å². The molecule has 2 aromatic rings. The molecule has 7 N–H and O–H groups in total. The van der Waals surface area contributed by atoms with Crippen molar-refractivity contribution in [2.45, 2.75) is 49.4 Å². The molecule has 2 aromatic carbocycles. The highest BCUT2D eigenvalue weighted by molar-refractivity contribution is 5.81. The fraction of sp³-hybridized carbons (Fsp3) is 0.417. The first-order valence-electron chi connectivity index (χ1n) is 11.2. The standard InChI is InChI=1S/C24H30F3N3O6/c25-24(26,27)21(33)22(34)29-17(11-15-7-3-1-4-8-15)19(31)13-28-14-20(32)18(30-23(35)36)12-16-9-5-2-6-10-16/h1-10,17-21,28,30-33H,11-14H2,(H,29,34)(H,35,36)/t17-,18-,19?,20+,21?/m0/s1. The number of aliphatic hydroxyl groups excluding tert-OH is 3. The molecule has 2 rings (SSSR count). The molecular formula is C24H30F3N3O6. The zero-order valence-corrected chi connectivity index (χ0v) is 19.2. The Kier molecular flexibility index (Phi) is 11.1. The summed E-state index contributed by atoms with van der Waals surface area (Å²) >= 11 is 0. The van der Waals surface area contributed by atoms with Crippen LogP contribution in [0.4, 0.5) is 18.0 Å². The minimum atomic E-state index is -5.17. The lowest BCUT2D eigenvalue weighted by molar-refractivity contribution is -0.205. The number of nitrogens with one attached hydrogen (secondary N) is 3. The number of carbonyl (C=O) groups excluding carboxylic acids is 1. The van der Waals surface area contributed by atoms with Crippen molar-refractivity contribution >= 4 is 12.0 Å². The zero-order chi connectivity index (χ0) is 26.7. The van der Waals surface area contributed by atoms with Gasteiger partial charge in [0.25, 0.3) is 5.91 Å². The third-order valence-electron chi connectivity index (χ3n) is 5.43. The Morgan fingerprint density at radius 1 is 0.750 bits per heavy atom. The smallest absolute Gasteiger partial charge is 0.423 e. The first-order chi connectivity index (χ1) is 17.0. The second kappa shape index (κ2) is 13.8. The van der Waals surface area contributed by atoms with Crippen molar-refractivity contribution in [3.05, 3.63) is 71.8 Å². The predicted molar refractivity (Wildman–Crippen MR) is 124 cm³/mol. The second-order valence-electron chi connectivity index (χ2n) is 8.29. The van der Waals surface area contributed by atoms with Crippen LogP contribution in [0.3, 0.4) is 0 Å². The van der Waals surface area contributed by atoms with Crippen molar-refractivity contribution in [3.8, 4) is 0 Å². The number of rotatable bonds is 13. The van der Waals surface area contributed by atoms with Crippen LogP contribution in [0, 0.1) is 0 Å². The topological polar surface area (TPSA) is 151 Å². The Morgan fingerprint density at radius 3 is 1.56 bits per heavy atom. The summed E-state index contributed by atoms with van der Waals surface area (Å²) in [5.74, 6) is -1.70. The third kappa shape index (κ3) is 9.82. The maximum Gasteiger partial charge on any atom is 0.423 e. The van der Waals surface area contributed by atoms with E-state index in [1.54, 1.807) is 60.7 Å². The number of hydrogen-bond donors (Lipinski definition) is 7. The van der Waals surface area contributed by atoms with Gasteiger partial charge in [0, 0.05) is 13.1 Å². The van der Waals surface area contributed by atoms with Crippen LogP contribution in [-0.2, 0) is 17.6 Å². The molecule has 0 spiro atoms. The maximum atomic E-state index is 12.7. The summed E-state index contributed by atoms with van der Waals surface area (Å²) in [6.45, 7) is -0.409. The molecule has 12 heteroatoms. The molecule has 0 saturated heterocycles. The van der Waals surface area contributed by atoms with Gasteiger partial charge >= 0.3 is 12.3 Å². The van der Waals surface area contributed by atoms with E-state index in [1.165, 1.54) is 0 Å². The Bertz CT molecular complexity index is 949. The van der Waals surface area contributed by atoms with Gasteiger partial charge in [0.15, 0.2) is 0 Å². The van der Waals surface area contributed by atoms with Gasteiger partial charge in [0.05, 0.1) is 24.3 Å². The maximum absolute atomic E-state index is 12.7. The van der Waals surface area contributed by atoms with Crippen molar-refractivity contribution in [1.82, 2.24) is 16.0 Å². The molecule has 0 aliphatic rings. The van der Waals surface area contributed by atoms with E-state index in [0.29, 0.717) is 5.56 Å². The molecule has 0 saturated carbocycles. The van der Waals surface area contributed by atoms with Crippen molar-refractivity contribution < 1.29 is 43.2 Å². The average molecular weight is 514 g/mol. The second-order valence-corrected chi connectivity index (χ2v) is 8.29. The predicted octanol–water partition coefficient (Wildman–Crippen LogP) is 0.827. The highest BCUT2D eigenvalue weighted by Gasteiger charge is 2.44. The fourth-order valence-corrected chi connectivity index (χ4v) is 3.54. The van der Waals surface area contributed by atoms with E-state index in [1.807, 2.05) is 5.32 Å². The number of carboxylic acid groups (broad SMARTS) is 1. The summed E-state index contributed by atoms with van der Waals surface area (Å²) in [6, 6.07) is 15.2. The van der Waals surface area contributed by atoms with Gasteiger partial charge < -0.3 is 36.4 Å². The van der Waals surface area contributed by atoms with E-state index in [-0.39, 0.29) is 25.9 Å². The molecule has 0 aromatic heterocycles. The highest BCUT2D eigenvalue weighted by Crippen LogP contribution is 2.20. The highest BCUT2D eigenvalue weighted by atomic mass is 19.4. The lowest BCUT2D eigenvalue weighted by atomic mass is 9.99. The Labute approximate surface area is 206 Å². The summed E-state index contributed by atoms with van der Waals surface area (Å²) in [7, 11) is 0. The molecule has 2 unspecified atom stereocenters. The van der Waals surface area contributed by atoms with Gasteiger partial charge in [-0.2, -0.15) is 13.2 Å². The first kappa shape index (κ1) is 29.0. The van der Waals surface area contributed by atoms with Crippen LogP contribution in [-0.4, -0.2) is 82.1 Å². The van der Waals surface area contributed by atoms with Crippen molar-refractivity contribution in [2.24, 2.45) is 0 Å². The molecule has 0 fully saturated rings. The monoisotopic (exact) mass is 513 g/mol. The molecule has 0 heterocycles. The largest absolute Gasteiger partial charge is 0.465 e. The number of halogens is 3. The first-order valence-corrected chi connectivity index (χ1v) is 11.2. The number of amides is 2. The molecule has 2 amide bonds. The molecule has 5 atom stereocenters. The lowest BCUT2D eigenvalue weighted by Gasteiger charge is -2.28. The summed E-state index contributed by atoms with van der Waals surface area (Å²) in [4.78, 5) is 23.1. The van der Waals surface area contributed by atoms with E-state index in [2.05, 4.69) is 10.6 Å². The number of hydrogen-bond acceptors (Lipinski definition) is 6. The van der Waals surface area contributed by atoms with Crippen LogP contribution in [0.5, 0.6) is 0 Å². The molecule has 0 aliphatic carbocycles. The summed E-state index contributed by atoms with van der Waals surface area (Å²) < 4.78 is 38.2. The van der Waals surface area contributed by atoms with Crippen molar-refractivity contribution in [3.63, 3.8) is 0 Å². The summed E-state index contributed by atoms with van der Waals surface area (Å²) in [5.41, 5.74) is 1.40. The van der Waals surface area contributed by atoms with Crippen LogP contribution in [0.25, 0.3) is 0 Å². The van der Waals surface area contributed by atoms with Gasteiger partial charge in [0.1, 0.15) is 0 Å². The molecule has 36 heavy (non-hydrogen) atoms. The van der Waals surface area contributed by atoms with Crippen LogP contribution in [0.2, 0.25) is 0 Å². The van der Waals surface area contributed by atoms with Gasteiger partial charge in [-0.05, 0) is 24.0 Å². The molecular weight excluding hydrogens is 483 g/mol. The summed E-state index contributed by atoms with van der Waals surface area (Å²) in [6.07, 6.45) is -12.2. The minimum absolute atomic E-state index is 0.0280. The Hall–Kier alpha value is -3.19. The van der Waals surface area contributed by atoms with Crippen LogP contribution in [0.15, 0.2) is 60.7 Å². The van der Waals surface area contributed by atoms with Gasteiger partial charge in [-0.15, -0.1) is 0 Å². The van der Waals surface area contributed by atoms with Crippen molar-refractivity contribution in [2.75, 3.05) is 13.1 Å². The third-order valence-corrected chi connectivity index (χ3v) is 5.43. The van der Waals surface area contributed by atoms with Gasteiger partial charge in [-0.3, -0.25) is 4.79 Å².